The van der Waals surface area contributed by atoms with Crippen LogP contribution in [0.1, 0.15) is 24.0 Å². The van der Waals surface area contributed by atoms with Crippen LogP contribution in [0, 0.1) is 12.8 Å². The highest BCUT2D eigenvalue weighted by Crippen LogP contribution is 2.26. The molecular formula is C14H19FO4S. The van der Waals surface area contributed by atoms with E-state index in [1.54, 1.807) is 12.1 Å². The molecule has 0 unspecified atom stereocenters. The second-order valence-corrected chi connectivity index (χ2v) is 6.65. The smallest absolute Gasteiger partial charge is 0.294 e. The summed E-state index contributed by atoms with van der Waals surface area (Å²) in [6.07, 6.45) is 0.634. The van der Waals surface area contributed by atoms with Crippen molar-refractivity contribution in [2.75, 3.05) is 13.2 Å². The standard InChI is InChI=1S/C14H19FO4S/c1-10-2-5-14(20(16,17)18)12(8-10)4-3-11-6-7-19-9-13(11)15/h2,5,8,11,13H,3-4,6-7,9H2,1H3,(H,16,17,18)/t11-,13+/m1/s1. The first kappa shape index (κ1) is 15.4. The van der Waals surface area contributed by atoms with E-state index in [2.05, 4.69) is 0 Å². The van der Waals surface area contributed by atoms with E-state index in [-0.39, 0.29) is 17.4 Å². The van der Waals surface area contributed by atoms with E-state index in [4.69, 9.17) is 4.74 Å². The lowest BCUT2D eigenvalue weighted by atomic mass is 9.91. The van der Waals surface area contributed by atoms with Gasteiger partial charge in [0, 0.05) is 6.61 Å². The van der Waals surface area contributed by atoms with E-state index in [1.807, 2.05) is 6.92 Å². The van der Waals surface area contributed by atoms with Crippen molar-refractivity contribution in [3.63, 3.8) is 0 Å². The van der Waals surface area contributed by atoms with Crippen LogP contribution in [0.3, 0.4) is 0 Å². The number of aryl methyl sites for hydroxylation is 2. The Labute approximate surface area is 118 Å². The third-order valence-corrected chi connectivity index (χ3v) is 4.65. The van der Waals surface area contributed by atoms with Gasteiger partial charge in [0.15, 0.2) is 0 Å². The molecule has 0 bridgehead atoms. The molecule has 2 rings (SSSR count). The maximum absolute atomic E-state index is 13.7. The molecule has 1 heterocycles. The second-order valence-electron chi connectivity index (χ2n) is 5.26. The molecule has 1 aliphatic heterocycles. The summed E-state index contributed by atoms with van der Waals surface area (Å²) in [6.45, 7) is 2.51. The molecule has 1 saturated heterocycles. The first-order chi connectivity index (χ1) is 9.38. The van der Waals surface area contributed by atoms with Gasteiger partial charge >= 0.3 is 0 Å². The Morgan fingerprint density at radius 1 is 1.45 bits per heavy atom. The lowest BCUT2D eigenvalue weighted by Gasteiger charge is -2.26. The molecule has 0 spiro atoms. The summed E-state index contributed by atoms with van der Waals surface area (Å²) in [6, 6.07) is 4.77. The second kappa shape index (κ2) is 6.20. The minimum Gasteiger partial charge on any atom is -0.378 e. The largest absolute Gasteiger partial charge is 0.378 e. The van der Waals surface area contributed by atoms with Crippen LogP contribution in [-0.2, 0) is 21.3 Å². The lowest BCUT2D eigenvalue weighted by Crippen LogP contribution is -2.29. The third-order valence-electron chi connectivity index (χ3n) is 3.70. The molecule has 0 radical (unpaired) electrons. The first-order valence-corrected chi connectivity index (χ1v) is 8.11. The van der Waals surface area contributed by atoms with Crippen LogP contribution < -0.4 is 0 Å². The van der Waals surface area contributed by atoms with E-state index in [9.17, 15) is 17.4 Å². The predicted molar refractivity (Wildman–Crippen MR) is 73.1 cm³/mol. The Kier molecular flexibility index (Phi) is 4.78. The minimum atomic E-state index is -4.24. The van der Waals surface area contributed by atoms with Gasteiger partial charge in [-0.3, -0.25) is 4.55 Å². The highest BCUT2D eigenvalue weighted by molar-refractivity contribution is 7.85. The van der Waals surface area contributed by atoms with Gasteiger partial charge in [-0.25, -0.2) is 4.39 Å². The van der Waals surface area contributed by atoms with Crippen LogP contribution in [0.25, 0.3) is 0 Å². The zero-order chi connectivity index (χ0) is 14.8. The summed E-state index contributed by atoms with van der Waals surface area (Å²) in [5, 5.41) is 0. The van der Waals surface area contributed by atoms with Crippen LogP contribution in [-0.4, -0.2) is 32.4 Å². The van der Waals surface area contributed by atoms with Gasteiger partial charge in [0.2, 0.25) is 0 Å². The zero-order valence-electron chi connectivity index (χ0n) is 11.4. The van der Waals surface area contributed by atoms with E-state index in [0.29, 0.717) is 31.4 Å². The van der Waals surface area contributed by atoms with E-state index < -0.39 is 16.3 Å². The number of hydrogen-bond acceptors (Lipinski definition) is 3. The SMILES string of the molecule is Cc1ccc(S(=O)(=O)O)c(CC[C@@H]2CCOC[C@@H]2F)c1. The Balaban J connectivity index is 2.14. The quantitative estimate of drug-likeness (QED) is 0.868. The highest BCUT2D eigenvalue weighted by atomic mass is 32.2. The first-order valence-electron chi connectivity index (χ1n) is 6.67. The fourth-order valence-corrected chi connectivity index (χ4v) is 3.30. The molecule has 1 aromatic rings. The summed E-state index contributed by atoms with van der Waals surface area (Å²) < 4.78 is 50.6. The van der Waals surface area contributed by atoms with Gasteiger partial charge in [-0.15, -0.1) is 0 Å². The molecule has 4 nitrogen and oxygen atoms in total. The third kappa shape index (κ3) is 3.77. The molecule has 6 heteroatoms. The van der Waals surface area contributed by atoms with Gasteiger partial charge in [-0.2, -0.15) is 8.42 Å². The number of ether oxygens (including phenoxy) is 1. The molecule has 0 aliphatic carbocycles. The molecule has 20 heavy (non-hydrogen) atoms. The fraction of sp³-hybridized carbons (Fsp3) is 0.571. The average molecular weight is 302 g/mol. The Hall–Kier alpha value is -0.980. The van der Waals surface area contributed by atoms with Crippen LogP contribution in [0.15, 0.2) is 23.1 Å². The van der Waals surface area contributed by atoms with Crippen LogP contribution in [0.2, 0.25) is 0 Å². The number of rotatable bonds is 4. The summed E-state index contributed by atoms with van der Waals surface area (Å²) in [5.74, 6) is -0.112. The Morgan fingerprint density at radius 3 is 2.85 bits per heavy atom. The van der Waals surface area contributed by atoms with Gasteiger partial charge < -0.3 is 4.74 Å². The zero-order valence-corrected chi connectivity index (χ0v) is 12.2. The summed E-state index contributed by atoms with van der Waals surface area (Å²) in [4.78, 5) is -0.0782. The van der Waals surface area contributed by atoms with Crippen molar-refractivity contribution in [2.45, 2.75) is 37.3 Å². The number of alkyl halides is 1. The molecule has 1 N–H and O–H groups in total. The molecule has 112 valence electrons. The van der Waals surface area contributed by atoms with E-state index in [1.165, 1.54) is 6.07 Å². The molecule has 1 fully saturated rings. The topological polar surface area (TPSA) is 63.6 Å². The number of halogens is 1. The van der Waals surface area contributed by atoms with Gasteiger partial charge in [0.25, 0.3) is 10.1 Å². The summed E-state index contributed by atoms with van der Waals surface area (Å²) in [5.41, 5.74) is 1.46. The maximum Gasteiger partial charge on any atom is 0.294 e. The summed E-state index contributed by atoms with van der Waals surface area (Å²) >= 11 is 0. The maximum atomic E-state index is 13.7. The minimum absolute atomic E-state index is 0.0782. The molecule has 0 aromatic heterocycles. The van der Waals surface area contributed by atoms with E-state index in [0.717, 1.165) is 5.56 Å². The van der Waals surface area contributed by atoms with E-state index >= 15 is 0 Å². The molecule has 0 saturated carbocycles. The molecule has 1 aliphatic rings. The Bertz CT molecular complexity index is 571. The monoisotopic (exact) mass is 302 g/mol. The lowest BCUT2D eigenvalue weighted by molar-refractivity contribution is -0.00384. The highest BCUT2D eigenvalue weighted by Gasteiger charge is 2.26. The van der Waals surface area contributed by atoms with Crippen molar-refractivity contribution in [1.82, 2.24) is 0 Å². The van der Waals surface area contributed by atoms with Crippen LogP contribution >= 0.6 is 0 Å². The molecule has 1 aromatic carbocycles. The van der Waals surface area contributed by atoms with Crippen molar-refractivity contribution < 1.29 is 22.1 Å². The Morgan fingerprint density at radius 2 is 2.20 bits per heavy atom. The van der Waals surface area contributed by atoms with Crippen molar-refractivity contribution in [1.29, 1.82) is 0 Å². The van der Waals surface area contributed by atoms with Crippen molar-refractivity contribution in [3.05, 3.63) is 29.3 Å². The van der Waals surface area contributed by atoms with Crippen molar-refractivity contribution in [2.24, 2.45) is 5.92 Å². The average Bonchev–Trinajstić information content (AvgIpc) is 2.36. The summed E-state index contributed by atoms with van der Waals surface area (Å²) in [7, 11) is -4.24. The normalized spacial score (nSPS) is 23.8. The molecular weight excluding hydrogens is 283 g/mol. The van der Waals surface area contributed by atoms with Crippen LogP contribution in [0.5, 0.6) is 0 Å². The fourth-order valence-electron chi connectivity index (χ4n) is 2.57. The van der Waals surface area contributed by atoms with Gasteiger partial charge in [-0.1, -0.05) is 17.7 Å². The predicted octanol–water partition coefficient (Wildman–Crippen LogP) is 2.55. The number of benzene rings is 1. The van der Waals surface area contributed by atoms with Gasteiger partial charge in [-0.05, 0) is 43.7 Å². The van der Waals surface area contributed by atoms with Gasteiger partial charge in [0.05, 0.1) is 11.5 Å². The van der Waals surface area contributed by atoms with Gasteiger partial charge in [0.1, 0.15) is 6.17 Å². The van der Waals surface area contributed by atoms with Crippen molar-refractivity contribution >= 4 is 10.1 Å². The van der Waals surface area contributed by atoms with Crippen molar-refractivity contribution in [3.8, 4) is 0 Å². The number of hydrogen-bond donors (Lipinski definition) is 1. The van der Waals surface area contributed by atoms with Crippen LogP contribution in [0.4, 0.5) is 4.39 Å². The molecule has 2 atom stereocenters. The molecule has 0 amide bonds.